The molecule has 0 spiro atoms. The predicted octanol–water partition coefficient (Wildman–Crippen LogP) is 4.42. The van der Waals surface area contributed by atoms with E-state index >= 15 is 0 Å². The van der Waals surface area contributed by atoms with Gasteiger partial charge < -0.3 is 0 Å². The largest absolute Gasteiger partial charge is 0.197 e. The van der Waals surface area contributed by atoms with Gasteiger partial charge in [-0.05, 0) is 32.3 Å². The summed E-state index contributed by atoms with van der Waals surface area (Å²) in [6.07, 6.45) is 7.03. The molecule has 0 radical (unpaired) electrons. The van der Waals surface area contributed by atoms with Crippen molar-refractivity contribution in [2.45, 2.75) is 57.8 Å². The Morgan fingerprint density at radius 3 is 1.94 bits per heavy atom. The van der Waals surface area contributed by atoms with E-state index < -0.39 is 0 Å². The van der Waals surface area contributed by atoms with Crippen molar-refractivity contribution in [3.05, 3.63) is 34.9 Å². The Kier molecular flexibility index (Phi) is 3.52. The lowest BCUT2D eigenvalue weighted by molar-refractivity contribution is 0.474. The summed E-state index contributed by atoms with van der Waals surface area (Å²) in [7, 11) is 0. The van der Waals surface area contributed by atoms with Crippen molar-refractivity contribution in [1.29, 1.82) is 5.26 Å². The van der Waals surface area contributed by atoms with Crippen LogP contribution in [0.15, 0.2) is 18.2 Å². The van der Waals surface area contributed by atoms with Gasteiger partial charge in [0, 0.05) is 0 Å². The summed E-state index contributed by atoms with van der Waals surface area (Å²) in [5.41, 5.74) is 3.59. The number of aryl methyl sites for hydroxylation is 2. The highest BCUT2D eigenvalue weighted by atomic mass is 14.4. The first-order chi connectivity index (χ1) is 8.16. The highest BCUT2D eigenvalue weighted by molar-refractivity contribution is 5.38. The third-order valence-electron chi connectivity index (χ3n) is 3.95. The van der Waals surface area contributed by atoms with Gasteiger partial charge in [0.05, 0.1) is 11.5 Å². The second-order valence-corrected chi connectivity index (χ2v) is 5.48. The first-order valence-electron chi connectivity index (χ1n) is 6.66. The second-order valence-electron chi connectivity index (χ2n) is 5.48. The monoisotopic (exact) mass is 227 g/mol. The zero-order valence-corrected chi connectivity index (χ0v) is 10.9. The van der Waals surface area contributed by atoms with E-state index in [0.29, 0.717) is 0 Å². The molecule has 0 heterocycles. The first kappa shape index (κ1) is 12.2. The lowest BCUT2D eigenvalue weighted by Crippen LogP contribution is -2.23. The summed E-state index contributed by atoms with van der Waals surface area (Å²) in [6, 6.07) is 9.23. The van der Waals surface area contributed by atoms with Crippen LogP contribution in [-0.2, 0) is 5.41 Å². The number of rotatable bonds is 1. The molecule has 0 saturated heterocycles. The van der Waals surface area contributed by atoms with Gasteiger partial charge in [-0.15, -0.1) is 0 Å². The average Bonchev–Trinajstić information content (AvgIpc) is 2.53. The van der Waals surface area contributed by atoms with Gasteiger partial charge in [0.25, 0.3) is 0 Å². The van der Waals surface area contributed by atoms with Gasteiger partial charge in [-0.1, -0.05) is 55.0 Å². The lowest BCUT2D eigenvalue weighted by atomic mass is 9.75. The standard InChI is InChI=1S/C16H21N/c1-13-9-14(2)11-15(10-13)16(12-17)7-5-3-4-6-8-16/h9-11H,3-8H2,1-2H3. The molecule has 1 aromatic carbocycles. The van der Waals surface area contributed by atoms with Crippen LogP contribution in [0.5, 0.6) is 0 Å². The molecule has 1 heteroatoms. The van der Waals surface area contributed by atoms with Gasteiger partial charge in [-0.25, -0.2) is 0 Å². The minimum atomic E-state index is -0.215. The molecule has 1 fully saturated rings. The van der Waals surface area contributed by atoms with E-state index in [0.717, 1.165) is 12.8 Å². The summed E-state index contributed by atoms with van der Waals surface area (Å²) >= 11 is 0. The Labute approximate surface area is 104 Å². The van der Waals surface area contributed by atoms with Crippen molar-refractivity contribution >= 4 is 0 Å². The Morgan fingerprint density at radius 2 is 1.47 bits per heavy atom. The number of hydrogen-bond acceptors (Lipinski definition) is 1. The molecule has 0 amide bonds. The summed E-state index contributed by atoms with van der Waals surface area (Å²) < 4.78 is 0. The molecule has 0 unspecified atom stereocenters. The minimum Gasteiger partial charge on any atom is -0.197 e. The van der Waals surface area contributed by atoms with Crippen molar-refractivity contribution < 1.29 is 0 Å². The van der Waals surface area contributed by atoms with Crippen molar-refractivity contribution in [3.8, 4) is 6.07 Å². The van der Waals surface area contributed by atoms with E-state index in [1.54, 1.807) is 0 Å². The van der Waals surface area contributed by atoms with Crippen LogP contribution in [0.4, 0.5) is 0 Å². The highest BCUT2D eigenvalue weighted by Gasteiger charge is 2.33. The van der Waals surface area contributed by atoms with Crippen LogP contribution in [-0.4, -0.2) is 0 Å². The van der Waals surface area contributed by atoms with E-state index in [1.165, 1.54) is 42.4 Å². The Bertz CT molecular complexity index is 411. The smallest absolute Gasteiger partial charge is 0.0822 e. The van der Waals surface area contributed by atoms with Crippen LogP contribution in [0, 0.1) is 25.2 Å². The molecule has 1 aliphatic carbocycles. The van der Waals surface area contributed by atoms with Gasteiger partial charge in [0.1, 0.15) is 0 Å². The number of hydrogen-bond donors (Lipinski definition) is 0. The van der Waals surface area contributed by atoms with E-state index in [-0.39, 0.29) is 5.41 Å². The van der Waals surface area contributed by atoms with E-state index in [1.807, 2.05) is 0 Å². The number of benzene rings is 1. The zero-order chi connectivity index (χ0) is 12.3. The Morgan fingerprint density at radius 1 is 0.941 bits per heavy atom. The maximum atomic E-state index is 9.65. The molecule has 17 heavy (non-hydrogen) atoms. The van der Waals surface area contributed by atoms with Gasteiger partial charge in [-0.3, -0.25) is 0 Å². The molecule has 0 aliphatic heterocycles. The summed E-state index contributed by atoms with van der Waals surface area (Å²) in [4.78, 5) is 0. The van der Waals surface area contributed by atoms with Gasteiger partial charge in [-0.2, -0.15) is 5.26 Å². The summed E-state index contributed by atoms with van der Waals surface area (Å²) in [5.74, 6) is 0. The molecule has 1 aromatic rings. The molecule has 0 atom stereocenters. The van der Waals surface area contributed by atoms with Gasteiger partial charge in [0.15, 0.2) is 0 Å². The van der Waals surface area contributed by atoms with Crippen LogP contribution in [0.25, 0.3) is 0 Å². The molecule has 0 aromatic heterocycles. The molecule has 0 bridgehead atoms. The minimum absolute atomic E-state index is 0.215. The van der Waals surface area contributed by atoms with Crippen molar-refractivity contribution in [2.75, 3.05) is 0 Å². The molecule has 1 aliphatic rings. The van der Waals surface area contributed by atoms with E-state index in [9.17, 15) is 5.26 Å². The van der Waals surface area contributed by atoms with Crippen molar-refractivity contribution in [2.24, 2.45) is 0 Å². The lowest BCUT2D eigenvalue weighted by Gasteiger charge is -2.26. The van der Waals surface area contributed by atoms with E-state index in [2.05, 4.69) is 38.1 Å². The summed E-state index contributed by atoms with van der Waals surface area (Å²) in [5, 5.41) is 9.65. The van der Waals surface area contributed by atoms with Crippen LogP contribution in [0.1, 0.15) is 55.2 Å². The average molecular weight is 227 g/mol. The summed E-state index contributed by atoms with van der Waals surface area (Å²) in [6.45, 7) is 4.25. The van der Waals surface area contributed by atoms with E-state index in [4.69, 9.17) is 0 Å². The normalized spacial score (nSPS) is 19.4. The zero-order valence-electron chi connectivity index (χ0n) is 10.9. The molecule has 1 nitrogen and oxygen atoms in total. The topological polar surface area (TPSA) is 23.8 Å². The van der Waals surface area contributed by atoms with Crippen LogP contribution in [0.3, 0.4) is 0 Å². The van der Waals surface area contributed by atoms with Crippen LogP contribution >= 0.6 is 0 Å². The predicted molar refractivity (Wildman–Crippen MR) is 70.9 cm³/mol. The molecular formula is C16H21N. The fourth-order valence-electron chi connectivity index (χ4n) is 3.05. The third kappa shape index (κ3) is 2.52. The number of nitrogens with zero attached hydrogens (tertiary/aromatic N) is 1. The molecule has 90 valence electrons. The second kappa shape index (κ2) is 4.92. The number of nitriles is 1. The first-order valence-corrected chi connectivity index (χ1v) is 6.66. The third-order valence-corrected chi connectivity index (χ3v) is 3.95. The maximum Gasteiger partial charge on any atom is 0.0822 e. The quantitative estimate of drug-likeness (QED) is 0.651. The Hall–Kier alpha value is -1.29. The van der Waals surface area contributed by atoms with Crippen LogP contribution < -0.4 is 0 Å². The van der Waals surface area contributed by atoms with Crippen LogP contribution in [0.2, 0.25) is 0 Å². The molecule has 0 N–H and O–H groups in total. The molecule has 2 rings (SSSR count). The Balaban J connectivity index is 2.42. The van der Waals surface area contributed by atoms with Gasteiger partial charge >= 0.3 is 0 Å². The molecule has 1 saturated carbocycles. The maximum absolute atomic E-state index is 9.65. The molecular weight excluding hydrogens is 206 g/mol. The fraction of sp³-hybridized carbons (Fsp3) is 0.562. The fourth-order valence-corrected chi connectivity index (χ4v) is 3.05. The van der Waals surface area contributed by atoms with Crippen molar-refractivity contribution in [3.63, 3.8) is 0 Å². The van der Waals surface area contributed by atoms with Crippen molar-refractivity contribution in [1.82, 2.24) is 0 Å². The highest BCUT2D eigenvalue weighted by Crippen LogP contribution is 2.38. The SMILES string of the molecule is Cc1cc(C)cc(C2(C#N)CCCCCC2)c1. The van der Waals surface area contributed by atoms with Gasteiger partial charge in [0.2, 0.25) is 0 Å².